The van der Waals surface area contributed by atoms with Gasteiger partial charge in [0.05, 0.1) is 16.3 Å². The number of carbonyl (C=O) groups is 2. The van der Waals surface area contributed by atoms with Crippen molar-refractivity contribution in [2.45, 2.75) is 19.8 Å². The minimum atomic E-state index is -0.392. The molecule has 1 heterocycles. The Labute approximate surface area is 200 Å². The molecule has 0 aliphatic heterocycles. The molecule has 0 aliphatic carbocycles. The van der Waals surface area contributed by atoms with Gasteiger partial charge in [-0.05, 0) is 48.9 Å². The normalized spacial score (nSPS) is 10.7. The zero-order valence-corrected chi connectivity index (χ0v) is 20.0. The fourth-order valence-corrected chi connectivity index (χ4v) is 4.28. The van der Waals surface area contributed by atoms with Crippen molar-refractivity contribution in [3.63, 3.8) is 0 Å². The van der Waals surface area contributed by atoms with E-state index in [-0.39, 0.29) is 22.2 Å². The standard InChI is InChI=1S/C22H20Cl3N3O2S/c1-3-4-11-27(2)21(30)19-13-31-22(26-19)28(16-8-5-14(23)6-9-16)20(29)17-10-7-15(24)12-18(17)25/h5-10,12-13H,3-4,11H2,1-2H3. The summed E-state index contributed by atoms with van der Waals surface area (Å²) in [7, 11) is 1.74. The van der Waals surface area contributed by atoms with Gasteiger partial charge in [0.1, 0.15) is 5.69 Å². The second-order valence-electron chi connectivity index (χ2n) is 6.84. The molecule has 9 heteroatoms. The number of anilines is 2. The van der Waals surface area contributed by atoms with Crippen molar-refractivity contribution in [3.8, 4) is 0 Å². The van der Waals surface area contributed by atoms with Crippen LogP contribution in [0, 0.1) is 0 Å². The first-order chi connectivity index (χ1) is 14.8. The van der Waals surface area contributed by atoms with E-state index >= 15 is 0 Å². The Hall–Kier alpha value is -2.12. The smallest absolute Gasteiger partial charge is 0.273 e. The highest BCUT2D eigenvalue weighted by atomic mass is 35.5. The first kappa shape index (κ1) is 23.5. The summed E-state index contributed by atoms with van der Waals surface area (Å²) >= 11 is 19.5. The van der Waals surface area contributed by atoms with Crippen LogP contribution in [0.4, 0.5) is 10.8 Å². The summed E-state index contributed by atoms with van der Waals surface area (Å²) in [6, 6.07) is 11.4. The van der Waals surface area contributed by atoms with Gasteiger partial charge in [0.2, 0.25) is 0 Å². The van der Waals surface area contributed by atoms with Crippen LogP contribution in [0.15, 0.2) is 47.8 Å². The van der Waals surface area contributed by atoms with Crippen molar-refractivity contribution in [1.82, 2.24) is 9.88 Å². The molecule has 0 saturated carbocycles. The second kappa shape index (κ2) is 10.5. The van der Waals surface area contributed by atoms with E-state index < -0.39 is 5.91 Å². The molecule has 1 aromatic heterocycles. The van der Waals surface area contributed by atoms with Crippen molar-refractivity contribution in [2.24, 2.45) is 0 Å². The lowest BCUT2D eigenvalue weighted by Gasteiger charge is -2.21. The third-order valence-corrected chi connectivity index (χ3v) is 6.17. The number of amides is 2. The monoisotopic (exact) mass is 495 g/mol. The summed E-state index contributed by atoms with van der Waals surface area (Å²) in [5, 5.41) is 3.19. The molecule has 2 aromatic carbocycles. The number of carbonyl (C=O) groups excluding carboxylic acids is 2. The summed E-state index contributed by atoms with van der Waals surface area (Å²) in [5.41, 5.74) is 1.10. The molecule has 31 heavy (non-hydrogen) atoms. The fraction of sp³-hybridized carbons (Fsp3) is 0.227. The van der Waals surface area contributed by atoms with E-state index in [9.17, 15) is 9.59 Å². The predicted molar refractivity (Wildman–Crippen MR) is 128 cm³/mol. The molecule has 0 spiro atoms. The number of nitrogens with zero attached hydrogens (tertiary/aromatic N) is 3. The van der Waals surface area contributed by atoms with Gasteiger partial charge in [-0.15, -0.1) is 11.3 Å². The van der Waals surface area contributed by atoms with Crippen molar-refractivity contribution in [1.29, 1.82) is 0 Å². The fourth-order valence-electron chi connectivity index (χ4n) is 2.85. The lowest BCUT2D eigenvalue weighted by Crippen LogP contribution is -2.29. The van der Waals surface area contributed by atoms with Gasteiger partial charge in [-0.1, -0.05) is 48.1 Å². The van der Waals surface area contributed by atoms with Crippen molar-refractivity contribution in [2.75, 3.05) is 18.5 Å². The van der Waals surface area contributed by atoms with Gasteiger partial charge in [-0.3, -0.25) is 14.5 Å². The minimum Gasteiger partial charge on any atom is -0.340 e. The molecule has 2 amide bonds. The molecule has 0 radical (unpaired) electrons. The molecule has 3 rings (SSSR count). The van der Waals surface area contributed by atoms with E-state index in [4.69, 9.17) is 34.8 Å². The van der Waals surface area contributed by atoms with Crippen LogP contribution in [0.2, 0.25) is 15.1 Å². The maximum absolute atomic E-state index is 13.5. The zero-order valence-electron chi connectivity index (χ0n) is 16.9. The van der Waals surface area contributed by atoms with Crippen LogP contribution in [0.1, 0.15) is 40.6 Å². The third kappa shape index (κ3) is 5.57. The maximum atomic E-state index is 13.5. The number of unbranched alkanes of at least 4 members (excludes halogenated alkanes) is 1. The summed E-state index contributed by atoms with van der Waals surface area (Å²) < 4.78 is 0. The van der Waals surface area contributed by atoms with E-state index in [1.54, 1.807) is 53.7 Å². The molecule has 0 bridgehead atoms. The molecule has 5 nitrogen and oxygen atoms in total. The number of benzene rings is 2. The quantitative estimate of drug-likeness (QED) is 0.355. The number of hydrogen-bond acceptors (Lipinski definition) is 4. The Morgan fingerprint density at radius 1 is 1.00 bits per heavy atom. The highest BCUT2D eigenvalue weighted by Gasteiger charge is 2.26. The first-order valence-corrected chi connectivity index (χ1v) is 11.6. The van der Waals surface area contributed by atoms with Crippen LogP contribution < -0.4 is 4.90 Å². The molecule has 162 valence electrons. The molecule has 0 N–H and O–H groups in total. The highest BCUT2D eigenvalue weighted by Crippen LogP contribution is 2.33. The van der Waals surface area contributed by atoms with E-state index in [1.165, 1.54) is 22.3 Å². The highest BCUT2D eigenvalue weighted by molar-refractivity contribution is 7.14. The van der Waals surface area contributed by atoms with Crippen LogP contribution in [0.3, 0.4) is 0 Å². The van der Waals surface area contributed by atoms with Crippen molar-refractivity contribution in [3.05, 3.63) is 74.2 Å². The summed E-state index contributed by atoms with van der Waals surface area (Å²) in [5.74, 6) is -0.583. The van der Waals surface area contributed by atoms with Crippen molar-refractivity contribution < 1.29 is 9.59 Å². The molecule has 0 unspecified atom stereocenters. The molecule has 0 aliphatic rings. The maximum Gasteiger partial charge on any atom is 0.273 e. The minimum absolute atomic E-state index is 0.191. The second-order valence-corrected chi connectivity index (χ2v) is 8.95. The van der Waals surface area contributed by atoms with E-state index in [1.807, 2.05) is 0 Å². The van der Waals surface area contributed by atoms with E-state index in [0.29, 0.717) is 27.4 Å². The average Bonchev–Trinajstić information content (AvgIpc) is 3.22. The molecule has 3 aromatic rings. The van der Waals surface area contributed by atoms with Crippen LogP contribution in [-0.2, 0) is 0 Å². The lowest BCUT2D eigenvalue weighted by molar-refractivity contribution is 0.0788. The Bertz CT molecular complexity index is 1090. The van der Waals surface area contributed by atoms with E-state index in [2.05, 4.69) is 11.9 Å². The Morgan fingerprint density at radius 3 is 2.32 bits per heavy atom. The van der Waals surface area contributed by atoms with Gasteiger partial charge < -0.3 is 4.90 Å². The Balaban J connectivity index is 2.00. The number of rotatable bonds is 7. The number of thiazole rings is 1. The van der Waals surface area contributed by atoms with Crippen LogP contribution in [0.25, 0.3) is 0 Å². The molecular formula is C22H20Cl3N3O2S. The van der Waals surface area contributed by atoms with Gasteiger partial charge in [-0.25, -0.2) is 4.98 Å². The zero-order chi connectivity index (χ0) is 22.5. The van der Waals surface area contributed by atoms with Gasteiger partial charge in [0.25, 0.3) is 11.8 Å². The third-order valence-electron chi connectivity index (χ3n) is 4.55. The summed E-state index contributed by atoms with van der Waals surface area (Å²) in [4.78, 5) is 33.7. The Morgan fingerprint density at radius 2 is 1.68 bits per heavy atom. The molecular weight excluding hydrogens is 477 g/mol. The van der Waals surface area contributed by atoms with Crippen molar-refractivity contribution >= 4 is 68.8 Å². The number of aromatic nitrogens is 1. The molecule has 0 atom stereocenters. The average molecular weight is 497 g/mol. The van der Waals surface area contributed by atoms with E-state index in [0.717, 1.165) is 12.8 Å². The number of halogens is 3. The largest absolute Gasteiger partial charge is 0.340 e. The molecule has 0 fully saturated rings. The predicted octanol–water partition coefficient (Wildman–Crippen LogP) is 6.95. The van der Waals surface area contributed by atoms with Gasteiger partial charge in [0.15, 0.2) is 5.13 Å². The summed E-state index contributed by atoms with van der Waals surface area (Å²) in [6.45, 7) is 2.71. The number of hydrogen-bond donors (Lipinski definition) is 0. The molecule has 0 saturated heterocycles. The summed E-state index contributed by atoms with van der Waals surface area (Å²) in [6.07, 6.45) is 1.89. The van der Waals surface area contributed by atoms with Crippen LogP contribution in [-0.4, -0.2) is 35.3 Å². The van der Waals surface area contributed by atoms with Gasteiger partial charge in [0, 0.05) is 29.0 Å². The van der Waals surface area contributed by atoms with Crippen LogP contribution >= 0.6 is 46.1 Å². The Kier molecular flexibility index (Phi) is 7.94. The SMILES string of the molecule is CCCCN(C)C(=O)c1csc(N(C(=O)c2ccc(Cl)cc2Cl)c2ccc(Cl)cc2)n1. The lowest BCUT2D eigenvalue weighted by atomic mass is 10.2. The van der Waals surface area contributed by atoms with Crippen LogP contribution in [0.5, 0.6) is 0 Å². The van der Waals surface area contributed by atoms with Gasteiger partial charge in [-0.2, -0.15) is 0 Å². The topological polar surface area (TPSA) is 53.5 Å². The van der Waals surface area contributed by atoms with Gasteiger partial charge >= 0.3 is 0 Å². The first-order valence-electron chi connectivity index (χ1n) is 9.58.